The summed E-state index contributed by atoms with van der Waals surface area (Å²) >= 11 is 0. The van der Waals surface area contributed by atoms with Gasteiger partial charge in [0.25, 0.3) is 0 Å². The third-order valence-corrected chi connectivity index (χ3v) is 2.48. The van der Waals surface area contributed by atoms with Crippen molar-refractivity contribution in [2.45, 2.75) is 13.0 Å². The van der Waals surface area contributed by atoms with Gasteiger partial charge in [-0.25, -0.2) is 4.98 Å². The summed E-state index contributed by atoms with van der Waals surface area (Å²) in [5.74, 6) is 0.881. The molecule has 0 aliphatic heterocycles. The van der Waals surface area contributed by atoms with Gasteiger partial charge in [0.2, 0.25) is 0 Å². The summed E-state index contributed by atoms with van der Waals surface area (Å²) in [7, 11) is 1.91. The first-order chi connectivity index (χ1) is 7.20. The summed E-state index contributed by atoms with van der Waals surface area (Å²) in [5, 5.41) is 9.50. The van der Waals surface area contributed by atoms with Crippen LogP contribution in [-0.2, 0) is 7.05 Å². The number of imidazole rings is 1. The molecule has 1 N–H and O–H groups in total. The van der Waals surface area contributed by atoms with E-state index in [9.17, 15) is 5.11 Å². The molecule has 0 radical (unpaired) electrons. The molecule has 3 heteroatoms. The summed E-state index contributed by atoms with van der Waals surface area (Å²) in [5.41, 5.74) is 1.89. The van der Waals surface area contributed by atoms with E-state index < -0.39 is 6.10 Å². The minimum absolute atomic E-state index is 0.486. The monoisotopic (exact) mass is 202 g/mol. The van der Waals surface area contributed by atoms with Gasteiger partial charge >= 0.3 is 0 Å². The SMILES string of the molecule is CC(O)c1cnc(-c2ccccc2)n1C. The first kappa shape index (κ1) is 9.93. The largest absolute Gasteiger partial charge is 0.387 e. The Morgan fingerprint density at radius 2 is 1.93 bits per heavy atom. The number of aliphatic hydroxyl groups is 1. The Labute approximate surface area is 89.0 Å². The van der Waals surface area contributed by atoms with Crippen molar-refractivity contribution in [1.82, 2.24) is 9.55 Å². The first-order valence-corrected chi connectivity index (χ1v) is 4.95. The Bertz CT molecular complexity index is 446. The summed E-state index contributed by atoms with van der Waals surface area (Å²) in [6.07, 6.45) is 1.23. The second-order valence-corrected chi connectivity index (χ2v) is 3.61. The molecule has 78 valence electrons. The highest BCUT2D eigenvalue weighted by atomic mass is 16.3. The average molecular weight is 202 g/mol. The fourth-order valence-electron chi connectivity index (χ4n) is 1.67. The van der Waals surface area contributed by atoms with Crippen LogP contribution in [0.5, 0.6) is 0 Å². The second-order valence-electron chi connectivity index (χ2n) is 3.61. The maximum Gasteiger partial charge on any atom is 0.139 e. The van der Waals surface area contributed by atoms with Gasteiger partial charge in [0, 0.05) is 12.6 Å². The molecule has 1 atom stereocenters. The molecule has 0 fully saturated rings. The van der Waals surface area contributed by atoms with E-state index >= 15 is 0 Å². The molecule has 2 aromatic rings. The van der Waals surface area contributed by atoms with E-state index in [4.69, 9.17) is 0 Å². The number of hydrogen-bond acceptors (Lipinski definition) is 2. The van der Waals surface area contributed by atoms with Crippen molar-refractivity contribution in [1.29, 1.82) is 0 Å². The quantitative estimate of drug-likeness (QED) is 0.810. The van der Waals surface area contributed by atoms with E-state index in [0.717, 1.165) is 17.1 Å². The van der Waals surface area contributed by atoms with Gasteiger partial charge < -0.3 is 9.67 Å². The van der Waals surface area contributed by atoms with Crippen LogP contribution in [0.3, 0.4) is 0 Å². The molecule has 0 saturated carbocycles. The number of aliphatic hydroxyl groups excluding tert-OH is 1. The maximum absolute atomic E-state index is 9.50. The maximum atomic E-state index is 9.50. The van der Waals surface area contributed by atoms with Gasteiger partial charge in [0.1, 0.15) is 5.82 Å². The van der Waals surface area contributed by atoms with Crippen molar-refractivity contribution in [3.8, 4) is 11.4 Å². The summed E-state index contributed by atoms with van der Waals surface area (Å²) in [4.78, 5) is 4.31. The zero-order valence-electron chi connectivity index (χ0n) is 8.88. The molecule has 0 bridgehead atoms. The summed E-state index contributed by atoms with van der Waals surface area (Å²) in [6, 6.07) is 9.95. The molecule has 3 nitrogen and oxygen atoms in total. The Kier molecular flexibility index (Phi) is 2.56. The highest BCUT2D eigenvalue weighted by Gasteiger charge is 2.11. The van der Waals surface area contributed by atoms with Crippen LogP contribution in [0, 0.1) is 0 Å². The zero-order valence-corrected chi connectivity index (χ0v) is 8.88. The van der Waals surface area contributed by atoms with Gasteiger partial charge in [-0.05, 0) is 6.92 Å². The van der Waals surface area contributed by atoms with Crippen LogP contribution in [0.2, 0.25) is 0 Å². The topological polar surface area (TPSA) is 38.1 Å². The van der Waals surface area contributed by atoms with Crippen LogP contribution in [-0.4, -0.2) is 14.7 Å². The number of benzene rings is 1. The molecule has 1 heterocycles. The van der Waals surface area contributed by atoms with E-state index in [1.807, 2.05) is 41.9 Å². The molecule has 0 aliphatic carbocycles. The Morgan fingerprint density at radius 3 is 2.47 bits per heavy atom. The number of rotatable bonds is 2. The van der Waals surface area contributed by atoms with E-state index in [0.29, 0.717) is 0 Å². The molecular weight excluding hydrogens is 188 g/mol. The minimum atomic E-state index is -0.486. The second kappa shape index (κ2) is 3.87. The van der Waals surface area contributed by atoms with Gasteiger partial charge in [-0.1, -0.05) is 30.3 Å². The van der Waals surface area contributed by atoms with Gasteiger partial charge in [-0.2, -0.15) is 0 Å². The zero-order chi connectivity index (χ0) is 10.8. The van der Waals surface area contributed by atoms with Gasteiger partial charge in [0.05, 0.1) is 18.0 Å². The molecule has 2 rings (SSSR count). The van der Waals surface area contributed by atoms with Crippen LogP contribution >= 0.6 is 0 Å². The Morgan fingerprint density at radius 1 is 1.27 bits per heavy atom. The lowest BCUT2D eigenvalue weighted by atomic mass is 10.2. The summed E-state index contributed by atoms with van der Waals surface area (Å²) in [6.45, 7) is 1.74. The number of hydrogen-bond donors (Lipinski definition) is 1. The van der Waals surface area contributed by atoms with Crippen LogP contribution in [0.15, 0.2) is 36.5 Å². The normalized spacial score (nSPS) is 12.7. The fourth-order valence-corrected chi connectivity index (χ4v) is 1.67. The van der Waals surface area contributed by atoms with Crippen molar-refractivity contribution in [3.05, 3.63) is 42.2 Å². The van der Waals surface area contributed by atoms with E-state index in [2.05, 4.69) is 4.98 Å². The highest BCUT2D eigenvalue weighted by molar-refractivity contribution is 5.55. The smallest absolute Gasteiger partial charge is 0.139 e. The van der Waals surface area contributed by atoms with Crippen molar-refractivity contribution in [3.63, 3.8) is 0 Å². The minimum Gasteiger partial charge on any atom is -0.387 e. The van der Waals surface area contributed by atoms with Crippen LogP contribution in [0.1, 0.15) is 18.7 Å². The molecule has 0 amide bonds. The molecule has 0 saturated heterocycles. The van der Waals surface area contributed by atoms with E-state index in [1.54, 1.807) is 13.1 Å². The molecule has 1 aromatic carbocycles. The predicted octanol–water partition coefficient (Wildman–Crippen LogP) is 2.14. The third-order valence-electron chi connectivity index (χ3n) is 2.48. The molecule has 1 aromatic heterocycles. The van der Waals surface area contributed by atoms with Crippen molar-refractivity contribution < 1.29 is 5.11 Å². The van der Waals surface area contributed by atoms with Gasteiger partial charge in [0.15, 0.2) is 0 Å². The van der Waals surface area contributed by atoms with E-state index in [1.165, 1.54) is 0 Å². The molecule has 15 heavy (non-hydrogen) atoms. The lowest BCUT2D eigenvalue weighted by molar-refractivity contribution is 0.191. The lowest BCUT2D eigenvalue weighted by Crippen LogP contribution is -2.01. The fraction of sp³-hybridized carbons (Fsp3) is 0.250. The van der Waals surface area contributed by atoms with Gasteiger partial charge in [-0.15, -0.1) is 0 Å². The molecule has 0 spiro atoms. The number of aromatic nitrogens is 2. The Hall–Kier alpha value is -1.61. The van der Waals surface area contributed by atoms with Crippen molar-refractivity contribution >= 4 is 0 Å². The van der Waals surface area contributed by atoms with Crippen LogP contribution in [0.25, 0.3) is 11.4 Å². The van der Waals surface area contributed by atoms with Crippen LogP contribution < -0.4 is 0 Å². The third kappa shape index (κ3) is 1.78. The molecule has 0 aliphatic rings. The number of nitrogens with zero attached hydrogens (tertiary/aromatic N) is 2. The van der Waals surface area contributed by atoms with Crippen molar-refractivity contribution in [2.24, 2.45) is 7.05 Å². The lowest BCUT2D eigenvalue weighted by Gasteiger charge is -2.07. The Balaban J connectivity index is 2.47. The average Bonchev–Trinajstić information content (AvgIpc) is 2.61. The summed E-state index contributed by atoms with van der Waals surface area (Å²) < 4.78 is 1.92. The van der Waals surface area contributed by atoms with Crippen molar-refractivity contribution in [2.75, 3.05) is 0 Å². The van der Waals surface area contributed by atoms with Gasteiger partial charge in [-0.3, -0.25) is 0 Å². The van der Waals surface area contributed by atoms with Crippen LogP contribution in [0.4, 0.5) is 0 Å². The van der Waals surface area contributed by atoms with E-state index in [-0.39, 0.29) is 0 Å². The molecular formula is C12H14N2O. The first-order valence-electron chi connectivity index (χ1n) is 4.95. The predicted molar refractivity (Wildman–Crippen MR) is 59.3 cm³/mol. The molecule has 1 unspecified atom stereocenters. The standard InChI is InChI=1S/C12H14N2O/c1-9(15)11-8-13-12(14(11)2)10-6-4-3-5-7-10/h3-9,15H,1-2H3. The highest BCUT2D eigenvalue weighted by Crippen LogP contribution is 2.21.